The molecule has 1 aliphatic rings. The van der Waals surface area contributed by atoms with Crippen molar-refractivity contribution in [2.24, 2.45) is 0 Å². The Kier molecular flexibility index (Phi) is 4.51. The van der Waals surface area contributed by atoms with E-state index < -0.39 is 10.0 Å². The summed E-state index contributed by atoms with van der Waals surface area (Å²) in [5.41, 5.74) is 2.81. The third kappa shape index (κ3) is 3.55. The summed E-state index contributed by atoms with van der Waals surface area (Å²) in [5, 5.41) is 0.424. The third-order valence-corrected chi connectivity index (χ3v) is 5.61. The summed E-state index contributed by atoms with van der Waals surface area (Å²) in [6.45, 7) is 0. The molecule has 0 bridgehead atoms. The fraction of sp³-hybridized carbons (Fsp3) is 0.235. The van der Waals surface area contributed by atoms with Crippen molar-refractivity contribution in [3.05, 3.63) is 58.6 Å². The summed E-state index contributed by atoms with van der Waals surface area (Å²) in [4.78, 5) is 13.3. The van der Waals surface area contributed by atoms with Gasteiger partial charge in [-0.2, -0.15) is 0 Å². The second-order valence-electron chi connectivity index (χ2n) is 5.75. The van der Waals surface area contributed by atoms with Gasteiger partial charge in [0.15, 0.2) is 0 Å². The number of sulfonamides is 1. The Balaban J connectivity index is 1.81. The molecule has 1 heterocycles. The first-order valence-electron chi connectivity index (χ1n) is 7.49. The van der Waals surface area contributed by atoms with Gasteiger partial charge >= 0.3 is 0 Å². The van der Waals surface area contributed by atoms with Crippen LogP contribution in [0, 0.1) is 0 Å². The van der Waals surface area contributed by atoms with Crippen molar-refractivity contribution in [1.82, 2.24) is 0 Å². The Labute approximate surface area is 146 Å². The fourth-order valence-corrected chi connectivity index (χ4v) is 4.26. The van der Waals surface area contributed by atoms with Crippen LogP contribution in [0.15, 0.2) is 42.5 Å². The number of amides is 1. The summed E-state index contributed by atoms with van der Waals surface area (Å²) < 4.78 is 27.3. The molecule has 0 atom stereocenters. The van der Waals surface area contributed by atoms with Gasteiger partial charge in [-0.1, -0.05) is 29.8 Å². The fourth-order valence-electron chi connectivity index (χ4n) is 2.76. The highest BCUT2D eigenvalue weighted by Crippen LogP contribution is 2.30. The van der Waals surface area contributed by atoms with E-state index in [1.54, 1.807) is 54.4 Å². The van der Waals surface area contributed by atoms with E-state index in [2.05, 4.69) is 4.72 Å². The van der Waals surface area contributed by atoms with Crippen LogP contribution in [0.2, 0.25) is 5.02 Å². The van der Waals surface area contributed by atoms with Gasteiger partial charge in [0.05, 0.1) is 5.75 Å². The van der Waals surface area contributed by atoms with E-state index in [9.17, 15) is 13.2 Å². The van der Waals surface area contributed by atoms with Crippen LogP contribution in [-0.4, -0.2) is 21.4 Å². The zero-order valence-corrected chi connectivity index (χ0v) is 14.7. The molecule has 24 heavy (non-hydrogen) atoms. The number of hydrogen-bond acceptors (Lipinski definition) is 3. The Morgan fingerprint density at radius 3 is 2.67 bits per heavy atom. The molecule has 0 aromatic heterocycles. The minimum absolute atomic E-state index is 0.0644. The standard InChI is InChI=1S/C17H17ClN2O3S/c1-20-16-8-7-14(10-12(16)6-9-17(20)21)19-24(22,23)11-13-4-2-3-5-15(13)18/h2-5,7-8,10,19H,6,9,11H2,1H3. The number of hydrogen-bond donors (Lipinski definition) is 1. The molecule has 7 heteroatoms. The minimum atomic E-state index is -3.58. The highest BCUT2D eigenvalue weighted by Gasteiger charge is 2.21. The van der Waals surface area contributed by atoms with E-state index in [4.69, 9.17) is 11.6 Å². The van der Waals surface area contributed by atoms with Crippen molar-refractivity contribution >= 4 is 38.9 Å². The molecular formula is C17H17ClN2O3S. The number of fused-ring (bicyclic) bond motifs is 1. The van der Waals surface area contributed by atoms with Gasteiger partial charge in [0, 0.05) is 29.9 Å². The van der Waals surface area contributed by atoms with E-state index >= 15 is 0 Å². The summed E-state index contributed by atoms with van der Waals surface area (Å²) in [6.07, 6.45) is 1.04. The maximum atomic E-state index is 12.4. The van der Waals surface area contributed by atoms with Gasteiger partial charge in [-0.05, 0) is 41.8 Å². The molecule has 0 unspecified atom stereocenters. The summed E-state index contributed by atoms with van der Waals surface area (Å²) in [7, 11) is -1.85. The van der Waals surface area contributed by atoms with Crippen LogP contribution >= 0.6 is 11.6 Å². The normalized spacial score (nSPS) is 14.4. The number of halogens is 1. The van der Waals surface area contributed by atoms with Crippen LogP contribution in [0.25, 0.3) is 0 Å². The van der Waals surface area contributed by atoms with Gasteiger partial charge in [0.2, 0.25) is 15.9 Å². The van der Waals surface area contributed by atoms with Crippen LogP contribution in [0.5, 0.6) is 0 Å². The minimum Gasteiger partial charge on any atom is -0.315 e. The monoisotopic (exact) mass is 364 g/mol. The number of anilines is 2. The van der Waals surface area contributed by atoms with Crippen molar-refractivity contribution in [2.75, 3.05) is 16.7 Å². The smallest absolute Gasteiger partial charge is 0.236 e. The second-order valence-corrected chi connectivity index (χ2v) is 7.88. The van der Waals surface area contributed by atoms with Crippen LogP contribution in [0.4, 0.5) is 11.4 Å². The highest BCUT2D eigenvalue weighted by atomic mass is 35.5. The predicted octanol–water partition coefficient (Wildman–Crippen LogP) is 3.19. The van der Waals surface area contributed by atoms with E-state index in [1.807, 2.05) is 0 Å². The number of aryl methyl sites for hydroxylation is 1. The number of rotatable bonds is 4. The Hall–Kier alpha value is -2.05. The molecule has 0 radical (unpaired) electrons. The molecule has 1 aliphatic heterocycles. The first-order chi connectivity index (χ1) is 11.4. The predicted molar refractivity (Wildman–Crippen MR) is 95.9 cm³/mol. The maximum Gasteiger partial charge on any atom is 0.236 e. The van der Waals surface area contributed by atoms with Crippen molar-refractivity contribution in [1.29, 1.82) is 0 Å². The summed E-state index contributed by atoms with van der Waals surface area (Å²) >= 11 is 6.03. The molecule has 0 saturated carbocycles. The number of nitrogens with one attached hydrogen (secondary N) is 1. The lowest BCUT2D eigenvalue weighted by Crippen LogP contribution is -2.31. The molecule has 0 saturated heterocycles. The van der Waals surface area contributed by atoms with E-state index in [-0.39, 0.29) is 11.7 Å². The summed E-state index contributed by atoms with van der Waals surface area (Å²) in [6, 6.07) is 12.1. The quantitative estimate of drug-likeness (QED) is 0.906. The Bertz CT molecular complexity index is 896. The zero-order chi connectivity index (χ0) is 17.3. The van der Waals surface area contributed by atoms with Crippen molar-refractivity contribution in [2.45, 2.75) is 18.6 Å². The molecule has 5 nitrogen and oxygen atoms in total. The first kappa shape index (κ1) is 16.8. The van der Waals surface area contributed by atoms with Gasteiger partial charge in [0.25, 0.3) is 0 Å². The van der Waals surface area contributed by atoms with Gasteiger partial charge in [-0.25, -0.2) is 8.42 Å². The lowest BCUT2D eigenvalue weighted by Gasteiger charge is -2.26. The van der Waals surface area contributed by atoms with E-state index in [0.29, 0.717) is 29.1 Å². The second kappa shape index (κ2) is 6.45. The molecule has 0 fully saturated rings. The topological polar surface area (TPSA) is 66.5 Å². The number of benzene rings is 2. The third-order valence-electron chi connectivity index (χ3n) is 4.00. The molecule has 2 aromatic carbocycles. The molecule has 2 aromatic rings. The van der Waals surface area contributed by atoms with Crippen LogP contribution in [0.1, 0.15) is 17.5 Å². The molecule has 1 N–H and O–H groups in total. The van der Waals surface area contributed by atoms with E-state index in [1.165, 1.54) is 0 Å². The molecule has 0 spiro atoms. The zero-order valence-electron chi connectivity index (χ0n) is 13.1. The number of nitrogens with zero attached hydrogens (tertiary/aromatic N) is 1. The SMILES string of the molecule is CN1C(=O)CCc2cc(NS(=O)(=O)Cc3ccccc3Cl)ccc21. The first-order valence-corrected chi connectivity index (χ1v) is 9.52. The number of carbonyl (C=O) groups is 1. The maximum absolute atomic E-state index is 12.4. The van der Waals surface area contributed by atoms with Crippen molar-refractivity contribution in [3.8, 4) is 0 Å². The average Bonchev–Trinajstić information content (AvgIpc) is 2.53. The van der Waals surface area contributed by atoms with Gasteiger partial charge < -0.3 is 4.90 Å². The number of carbonyl (C=O) groups excluding carboxylic acids is 1. The molecule has 1 amide bonds. The molecule has 3 rings (SSSR count). The highest BCUT2D eigenvalue weighted by molar-refractivity contribution is 7.91. The Morgan fingerprint density at radius 1 is 1.17 bits per heavy atom. The van der Waals surface area contributed by atoms with Crippen LogP contribution < -0.4 is 9.62 Å². The molecule has 126 valence electrons. The lowest BCUT2D eigenvalue weighted by molar-refractivity contribution is -0.118. The van der Waals surface area contributed by atoms with Gasteiger partial charge in [0.1, 0.15) is 0 Å². The largest absolute Gasteiger partial charge is 0.315 e. The summed E-state index contributed by atoms with van der Waals surface area (Å²) in [5.74, 6) is -0.128. The lowest BCUT2D eigenvalue weighted by atomic mass is 10.0. The Morgan fingerprint density at radius 2 is 1.92 bits per heavy atom. The van der Waals surface area contributed by atoms with Crippen molar-refractivity contribution < 1.29 is 13.2 Å². The van der Waals surface area contributed by atoms with E-state index in [0.717, 1.165) is 11.3 Å². The van der Waals surface area contributed by atoms with Crippen LogP contribution in [-0.2, 0) is 27.0 Å². The van der Waals surface area contributed by atoms with Gasteiger partial charge in [-0.3, -0.25) is 9.52 Å². The molecular weight excluding hydrogens is 348 g/mol. The van der Waals surface area contributed by atoms with Crippen LogP contribution in [0.3, 0.4) is 0 Å². The van der Waals surface area contributed by atoms with Crippen molar-refractivity contribution in [3.63, 3.8) is 0 Å². The average molecular weight is 365 g/mol. The molecule has 0 aliphatic carbocycles. The van der Waals surface area contributed by atoms with Gasteiger partial charge in [-0.15, -0.1) is 0 Å².